The molecule has 0 spiro atoms. The molecule has 0 saturated carbocycles. The molecule has 0 aliphatic rings. The van der Waals surface area contributed by atoms with Crippen molar-refractivity contribution in [2.75, 3.05) is 0 Å². The highest BCUT2D eigenvalue weighted by Crippen LogP contribution is 2.28. The van der Waals surface area contributed by atoms with E-state index < -0.39 is 15.1 Å². The summed E-state index contributed by atoms with van der Waals surface area (Å²) in [5.41, 5.74) is 0.321. The van der Waals surface area contributed by atoms with Gasteiger partial charge in [-0.1, -0.05) is 44.5 Å². The fourth-order valence-electron chi connectivity index (χ4n) is 1.73. The summed E-state index contributed by atoms with van der Waals surface area (Å²) in [6.07, 6.45) is -0.427. The van der Waals surface area contributed by atoms with Crippen molar-refractivity contribution < 1.29 is 9.22 Å². The molecule has 0 heterocycles. The molecular weight excluding hydrogens is 264 g/mol. The van der Waals surface area contributed by atoms with E-state index in [2.05, 4.69) is 13.1 Å². The standard InChI is InChI=1S/C14H21ClO2Si/c1-14(2,3)13(17-18(4)5)12(16)10-8-6-7-9-11(10)15/h6-9,13,18H,1-5H3. The maximum absolute atomic E-state index is 12.6. The van der Waals surface area contributed by atoms with Gasteiger partial charge in [-0.3, -0.25) is 4.79 Å². The van der Waals surface area contributed by atoms with E-state index in [-0.39, 0.29) is 11.2 Å². The summed E-state index contributed by atoms with van der Waals surface area (Å²) in [4.78, 5) is 12.6. The Balaban J connectivity index is 3.07. The summed E-state index contributed by atoms with van der Waals surface area (Å²) >= 11 is 6.08. The fourth-order valence-corrected chi connectivity index (χ4v) is 3.04. The van der Waals surface area contributed by atoms with Crippen molar-refractivity contribution in [3.63, 3.8) is 0 Å². The molecule has 100 valence electrons. The topological polar surface area (TPSA) is 26.3 Å². The summed E-state index contributed by atoms with van der Waals surface area (Å²) in [5.74, 6) is -0.0192. The zero-order valence-electron chi connectivity index (χ0n) is 11.7. The molecule has 0 amide bonds. The van der Waals surface area contributed by atoms with Crippen LogP contribution in [0, 0.1) is 5.41 Å². The first-order valence-electron chi connectivity index (χ1n) is 6.17. The maximum Gasteiger partial charge on any atom is 0.192 e. The van der Waals surface area contributed by atoms with Crippen LogP contribution in [0.25, 0.3) is 0 Å². The van der Waals surface area contributed by atoms with Crippen LogP contribution in [0.1, 0.15) is 31.1 Å². The molecule has 1 rings (SSSR count). The van der Waals surface area contributed by atoms with Crippen LogP contribution in [0.4, 0.5) is 0 Å². The van der Waals surface area contributed by atoms with Gasteiger partial charge in [-0.2, -0.15) is 0 Å². The van der Waals surface area contributed by atoms with Crippen LogP contribution in [0.2, 0.25) is 18.1 Å². The average Bonchev–Trinajstić information content (AvgIpc) is 2.24. The second-order valence-electron chi connectivity index (χ2n) is 5.77. The SMILES string of the molecule is C[SiH](C)OC(C(=O)c1ccccc1Cl)C(C)(C)C. The Hall–Kier alpha value is -0.643. The van der Waals surface area contributed by atoms with Crippen molar-refractivity contribution in [1.29, 1.82) is 0 Å². The molecule has 4 heteroatoms. The Labute approximate surface area is 116 Å². The lowest BCUT2D eigenvalue weighted by Gasteiger charge is -2.31. The Kier molecular flexibility index (Phi) is 5.14. The van der Waals surface area contributed by atoms with E-state index in [1.165, 1.54) is 0 Å². The third-order valence-corrected chi connectivity index (χ3v) is 3.72. The van der Waals surface area contributed by atoms with Crippen LogP contribution in [-0.4, -0.2) is 20.9 Å². The maximum atomic E-state index is 12.6. The molecule has 1 atom stereocenters. The smallest absolute Gasteiger partial charge is 0.192 e. The lowest BCUT2D eigenvalue weighted by molar-refractivity contribution is 0.0538. The number of halogens is 1. The van der Waals surface area contributed by atoms with Gasteiger partial charge >= 0.3 is 0 Å². The molecule has 0 radical (unpaired) electrons. The van der Waals surface area contributed by atoms with Crippen molar-refractivity contribution >= 4 is 26.4 Å². The van der Waals surface area contributed by atoms with Gasteiger partial charge in [-0.15, -0.1) is 0 Å². The molecule has 18 heavy (non-hydrogen) atoms. The van der Waals surface area contributed by atoms with Crippen LogP contribution >= 0.6 is 11.6 Å². The molecule has 0 aliphatic carbocycles. The van der Waals surface area contributed by atoms with Gasteiger partial charge in [0, 0.05) is 5.56 Å². The largest absolute Gasteiger partial charge is 0.410 e. The number of benzene rings is 1. The third kappa shape index (κ3) is 3.94. The van der Waals surface area contributed by atoms with Crippen molar-refractivity contribution in [2.24, 2.45) is 5.41 Å². The molecule has 0 aromatic heterocycles. The lowest BCUT2D eigenvalue weighted by Crippen LogP contribution is -2.40. The molecule has 1 unspecified atom stereocenters. The van der Waals surface area contributed by atoms with Crippen LogP contribution in [-0.2, 0) is 4.43 Å². The Morgan fingerprint density at radius 3 is 2.28 bits per heavy atom. The van der Waals surface area contributed by atoms with E-state index >= 15 is 0 Å². The quantitative estimate of drug-likeness (QED) is 0.618. The number of rotatable bonds is 4. The van der Waals surface area contributed by atoms with E-state index in [9.17, 15) is 4.79 Å². The molecule has 0 fully saturated rings. The minimum atomic E-state index is -1.29. The van der Waals surface area contributed by atoms with E-state index in [1.807, 2.05) is 32.9 Å². The molecular formula is C14H21ClO2Si. The van der Waals surface area contributed by atoms with E-state index in [4.69, 9.17) is 16.0 Å². The van der Waals surface area contributed by atoms with Gasteiger partial charge < -0.3 is 4.43 Å². The van der Waals surface area contributed by atoms with Crippen molar-refractivity contribution in [2.45, 2.75) is 40.0 Å². The number of hydrogen-bond acceptors (Lipinski definition) is 2. The first-order valence-corrected chi connectivity index (χ1v) is 9.33. The summed E-state index contributed by atoms with van der Waals surface area (Å²) in [6, 6.07) is 7.14. The van der Waals surface area contributed by atoms with E-state index in [0.717, 1.165) is 0 Å². The van der Waals surface area contributed by atoms with Crippen molar-refractivity contribution in [3.8, 4) is 0 Å². The normalized spacial score (nSPS) is 13.7. The molecule has 0 aliphatic heterocycles. The van der Waals surface area contributed by atoms with Crippen LogP contribution in [0.3, 0.4) is 0 Å². The highest BCUT2D eigenvalue weighted by atomic mass is 35.5. The second kappa shape index (κ2) is 6.00. The molecule has 1 aromatic carbocycles. The molecule has 2 nitrogen and oxygen atoms in total. The van der Waals surface area contributed by atoms with Gasteiger partial charge in [0.05, 0.1) is 5.02 Å². The number of ketones is 1. The van der Waals surface area contributed by atoms with Gasteiger partial charge in [-0.05, 0) is 30.6 Å². The van der Waals surface area contributed by atoms with E-state index in [0.29, 0.717) is 10.6 Å². The minimum absolute atomic E-state index is 0.0192. The summed E-state index contributed by atoms with van der Waals surface area (Å²) in [6.45, 7) is 10.2. The zero-order valence-corrected chi connectivity index (χ0v) is 13.6. The second-order valence-corrected chi connectivity index (χ2v) is 8.55. The molecule has 0 N–H and O–H groups in total. The van der Waals surface area contributed by atoms with E-state index in [1.54, 1.807) is 12.1 Å². The highest BCUT2D eigenvalue weighted by Gasteiger charge is 2.34. The number of Topliss-reactive ketones (excluding diaryl/α,β-unsaturated/α-hetero) is 1. The Bertz CT molecular complexity index is 424. The van der Waals surface area contributed by atoms with Crippen LogP contribution in [0.15, 0.2) is 24.3 Å². The molecule has 0 saturated heterocycles. The highest BCUT2D eigenvalue weighted by molar-refractivity contribution is 6.48. The molecule has 1 aromatic rings. The predicted octanol–water partition coefficient (Wildman–Crippen LogP) is 3.94. The molecule has 0 bridgehead atoms. The lowest BCUT2D eigenvalue weighted by atomic mass is 9.84. The Morgan fingerprint density at radius 2 is 1.83 bits per heavy atom. The number of carbonyl (C=O) groups is 1. The van der Waals surface area contributed by atoms with Crippen LogP contribution < -0.4 is 0 Å². The van der Waals surface area contributed by atoms with Gasteiger partial charge in [0.25, 0.3) is 0 Å². The van der Waals surface area contributed by atoms with Gasteiger partial charge in [0.2, 0.25) is 0 Å². The predicted molar refractivity (Wildman–Crippen MR) is 79.0 cm³/mol. The fraction of sp³-hybridized carbons (Fsp3) is 0.500. The monoisotopic (exact) mass is 284 g/mol. The van der Waals surface area contributed by atoms with Crippen LogP contribution in [0.5, 0.6) is 0 Å². The van der Waals surface area contributed by atoms with Crippen molar-refractivity contribution in [3.05, 3.63) is 34.9 Å². The minimum Gasteiger partial charge on any atom is -0.410 e. The Morgan fingerprint density at radius 1 is 1.28 bits per heavy atom. The average molecular weight is 285 g/mol. The summed E-state index contributed by atoms with van der Waals surface area (Å²) < 4.78 is 5.92. The number of carbonyl (C=O) groups excluding carboxylic acids is 1. The number of hydrogen-bond donors (Lipinski definition) is 0. The van der Waals surface area contributed by atoms with Crippen molar-refractivity contribution in [1.82, 2.24) is 0 Å². The first-order chi connectivity index (χ1) is 8.23. The third-order valence-electron chi connectivity index (χ3n) is 2.57. The van der Waals surface area contributed by atoms with Gasteiger partial charge in [0.15, 0.2) is 14.8 Å². The zero-order chi connectivity index (χ0) is 13.9. The summed E-state index contributed by atoms with van der Waals surface area (Å²) in [7, 11) is -1.29. The summed E-state index contributed by atoms with van der Waals surface area (Å²) in [5, 5.41) is 0.491. The van der Waals surface area contributed by atoms with Gasteiger partial charge in [0.1, 0.15) is 6.10 Å². The first kappa shape index (κ1) is 15.4. The van der Waals surface area contributed by atoms with Gasteiger partial charge in [-0.25, -0.2) is 0 Å².